The Morgan fingerprint density at radius 2 is 1.75 bits per heavy atom. The molecule has 0 atom stereocenters. The fraction of sp³-hybridized carbons (Fsp3) is 0.143. The standard InChI is InChI=1S/C21H20N4O3/c1-13-7-6-8-15(11-13)24-19-12-18(22-14(2)23-19)20(26)25-17-10-5-4-9-16(17)21(27)28-3/h4-12H,1-3H3,(H,25,26)(H,22,23,24). The van der Waals surface area contributed by atoms with Crippen molar-refractivity contribution in [2.24, 2.45) is 0 Å². The van der Waals surface area contributed by atoms with Crippen LogP contribution in [-0.2, 0) is 4.74 Å². The monoisotopic (exact) mass is 376 g/mol. The topological polar surface area (TPSA) is 93.2 Å². The van der Waals surface area contributed by atoms with E-state index in [1.807, 2.05) is 31.2 Å². The maximum Gasteiger partial charge on any atom is 0.339 e. The minimum atomic E-state index is -0.531. The molecular formula is C21H20N4O3. The van der Waals surface area contributed by atoms with Gasteiger partial charge in [-0.05, 0) is 43.7 Å². The number of carbonyl (C=O) groups is 2. The van der Waals surface area contributed by atoms with Crippen LogP contribution in [0.1, 0.15) is 32.2 Å². The van der Waals surface area contributed by atoms with Crippen molar-refractivity contribution in [3.8, 4) is 0 Å². The van der Waals surface area contributed by atoms with Gasteiger partial charge in [-0.1, -0.05) is 24.3 Å². The summed E-state index contributed by atoms with van der Waals surface area (Å²) in [5.74, 6) is -0.0284. The second kappa shape index (κ2) is 8.30. The van der Waals surface area contributed by atoms with Gasteiger partial charge in [-0.25, -0.2) is 14.8 Å². The van der Waals surface area contributed by atoms with Crippen LogP contribution in [0.2, 0.25) is 0 Å². The predicted octanol–water partition coefficient (Wildman–Crippen LogP) is 3.88. The van der Waals surface area contributed by atoms with Crippen LogP contribution in [-0.4, -0.2) is 29.0 Å². The average Bonchev–Trinajstić information content (AvgIpc) is 2.67. The molecule has 0 aliphatic rings. The van der Waals surface area contributed by atoms with Crippen molar-refractivity contribution in [1.82, 2.24) is 9.97 Å². The van der Waals surface area contributed by atoms with Crippen LogP contribution >= 0.6 is 0 Å². The second-order valence-corrected chi connectivity index (χ2v) is 6.17. The molecule has 0 spiro atoms. The highest BCUT2D eigenvalue weighted by molar-refractivity contribution is 6.07. The highest BCUT2D eigenvalue weighted by Gasteiger charge is 2.16. The SMILES string of the molecule is COC(=O)c1ccccc1NC(=O)c1cc(Nc2cccc(C)c2)nc(C)n1. The zero-order valence-electron chi connectivity index (χ0n) is 15.8. The second-order valence-electron chi connectivity index (χ2n) is 6.17. The summed E-state index contributed by atoms with van der Waals surface area (Å²) in [6.45, 7) is 3.70. The van der Waals surface area contributed by atoms with Crippen LogP contribution < -0.4 is 10.6 Å². The quantitative estimate of drug-likeness (QED) is 0.657. The van der Waals surface area contributed by atoms with E-state index < -0.39 is 11.9 Å². The van der Waals surface area contributed by atoms with Crippen LogP contribution in [0, 0.1) is 13.8 Å². The third-order valence-corrected chi connectivity index (χ3v) is 3.94. The Hall–Kier alpha value is -3.74. The summed E-state index contributed by atoms with van der Waals surface area (Å²) in [4.78, 5) is 33.1. The van der Waals surface area contributed by atoms with Crippen molar-refractivity contribution in [3.63, 3.8) is 0 Å². The lowest BCUT2D eigenvalue weighted by Gasteiger charge is -2.11. The molecule has 0 saturated carbocycles. The van der Waals surface area contributed by atoms with E-state index in [4.69, 9.17) is 4.74 Å². The number of carbonyl (C=O) groups excluding carboxylic acids is 2. The number of hydrogen-bond acceptors (Lipinski definition) is 6. The lowest BCUT2D eigenvalue weighted by molar-refractivity contribution is 0.0602. The highest BCUT2D eigenvalue weighted by atomic mass is 16.5. The number of anilines is 3. The van der Waals surface area contributed by atoms with Crippen LogP contribution in [0.25, 0.3) is 0 Å². The number of methoxy groups -OCH3 is 1. The fourth-order valence-corrected chi connectivity index (χ4v) is 2.69. The van der Waals surface area contributed by atoms with Gasteiger partial charge in [0.25, 0.3) is 5.91 Å². The summed E-state index contributed by atoms with van der Waals surface area (Å²) in [5, 5.41) is 5.89. The largest absolute Gasteiger partial charge is 0.465 e. The minimum absolute atomic E-state index is 0.183. The molecule has 0 fully saturated rings. The zero-order chi connectivity index (χ0) is 20.1. The van der Waals surface area contributed by atoms with Gasteiger partial charge in [-0.15, -0.1) is 0 Å². The van der Waals surface area contributed by atoms with Gasteiger partial charge in [0.05, 0.1) is 18.4 Å². The van der Waals surface area contributed by atoms with Gasteiger partial charge in [-0.2, -0.15) is 0 Å². The van der Waals surface area contributed by atoms with Crippen LogP contribution in [0.5, 0.6) is 0 Å². The molecule has 1 heterocycles. The smallest absolute Gasteiger partial charge is 0.339 e. The van der Waals surface area contributed by atoms with Gasteiger partial charge in [-0.3, -0.25) is 4.79 Å². The molecule has 3 aromatic rings. The molecule has 2 aromatic carbocycles. The van der Waals surface area contributed by atoms with E-state index in [-0.39, 0.29) is 11.3 Å². The van der Waals surface area contributed by atoms with Gasteiger partial charge in [0.1, 0.15) is 17.3 Å². The molecular weight excluding hydrogens is 356 g/mol. The number of para-hydroxylation sites is 1. The van der Waals surface area contributed by atoms with E-state index in [9.17, 15) is 9.59 Å². The lowest BCUT2D eigenvalue weighted by Crippen LogP contribution is -2.17. The van der Waals surface area contributed by atoms with Gasteiger partial charge in [0.15, 0.2) is 0 Å². The number of benzene rings is 2. The van der Waals surface area contributed by atoms with Crippen molar-refractivity contribution >= 4 is 29.1 Å². The van der Waals surface area contributed by atoms with Crippen molar-refractivity contribution in [2.75, 3.05) is 17.7 Å². The van der Waals surface area contributed by atoms with E-state index in [1.54, 1.807) is 37.3 Å². The van der Waals surface area contributed by atoms with Crippen molar-refractivity contribution in [3.05, 3.63) is 77.2 Å². The first-order chi connectivity index (χ1) is 13.5. The molecule has 2 N–H and O–H groups in total. The number of aromatic nitrogens is 2. The fourth-order valence-electron chi connectivity index (χ4n) is 2.69. The highest BCUT2D eigenvalue weighted by Crippen LogP contribution is 2.19. The van der Waals surface area contributed by atoms with Crippen molar-refractivity contribution < 1.29 is 14.3 Å². The summed E-state index contributed by atoms with van der Waals surface area (Å²) in [6, 6.07) is 16.0. The first-order valence-electron chi connectivity index (χ1n) is 8.64. The summed E-state index contributed by atoms with van der Waals surface area (Å²) in [7, 11) is 1.29. The molecule has 1 aromatic heterocycles. The molecule has 0 unspecified atom stereocenters. The van der Waals surface area contributed by atoms with E-state index in [0.717, 1.165) is 11.3 Å². The number of esters is 1. The normalized spacial score (nSPS) is 10.2. The lowest BCUT2D eigenvalue weighted by atomic mass is 10.1. The zero-order valence-corrected chi connectivity index (χ0v) is 15.8. The number of hydrogen-bond donors (Lipinski definition) is 2. The van der Waals surface area contributed by atoms with Crippen LogP contribution in [0.4, 0.5) is 17.2 Å². The van der Waals surface area contributed by atoms with Crippen LogP contribution in [0.15, 0.2) is 54.6 Å². The Morgan fingerprint density at radius 1 is 0.964 bits per heavy atom. The van der Waals surface area contributed by atoms with Crippen molar-refractivity contribution in [1.29, 1.82) is 0 Å². The summed E-state index contributed by atoms with van der Waals surface area (Å²) >= 11 is 0. The van der Waals surface area contributed by atoms with E-state index in [0.29, 0.717) is 17.3 Å². The van der Waals surface area contributed by atoms with E-state index in [2.05, 4.69) is 20.6 Å². The maximum atomic E-state index is 12.7. The number of ether oxygens (including phenoxy) is 1. The average molecular weight is 376 g/mol. The van der Waals surface area contributed by atoms with E-state index >= 15 is 0 Å². The molecule has 142 valence electrons. The maximum absolute atomic E-state index is 12.7. The molecule has 0 aliphatic carbocycles. The Balaban J connectivity index is 1.85. The number of nitrogens with one attached hydrogen (secondary N) is 2. The van der Waals surface area contributed by atoms with Gasteiger partial charge in [0.2, 0.25) is 0 Å². The Morgan fingerprint density at radius 3 is 2.50 bits per heavy atom. The first kappa shape index (κ1) is 19.0. The molecule has 3 rings (SSSR count). The third-order valence-electron chi connectivity index (χ3n) is 3.94. The number of amides is 1. The van der Waals surface area contributed by atoms with E-state index in [1.165, 1.54) is 7.11 Å². The Bertz CT molecular complexity index is 1030. The predicted molar refractivity (Wildman–Crippen MR) is 107 cm³/mol. The van der Waals surface area contributed by atoms with Gasteiger partial charge in [0, 0.05) is 11.8 Å². The number of aryl methyl sites for hydroxylation is 2. The molecule has 0 bridgehead atoms. The van der Waals surface area contributed by atoms with Gasteiger partial charge >= 0.3 is 5.97 Å². The molecule has 7 nitrogen and oxygen atoms in total. The van der Waals surface area contributed by atoms with Crippen LogP contribution in [0.3, 0.4) is 0 Å². The molecule has 0 aliphatic heterocycles. The first-order valence-corrected chi connectivity index (χ1v) is 8.64. The number of rotatable bonds is 5. The Kier molecular flexibility index (Phi) is 5.64. The molecule has 0 saturated heterocycles. The van der Waals surface area contributed by atoms with Crippen molar-refractivity contribution in [2.45, 2.75) is 13.8 Å². The van der Waals surface area contributed by atoms with Gasteiger partial charge < -0.3 is 15.4 Å². The molecule has 0 radical (unpaired) electrons. The number of nitrogens with zero attached hydrogens (tertiary/aromatic N) is 2. The summed E-state index contributed by atoms with van der Waals surface area (Å²) < 4.78 is 4.75. The summed E-state index contributed by atoms with van der Waals surface area (Å²) in [6.07, 6.45) is 0. The molecule has 7 heteroatoms. The molecule has 1 amide bonds. The molecule has 28 heavy (non-hydrogen) atoms. The third kappa shape index (κ3) is 4.50. The summed E-state index contributed by atoms with van der Waals surface area (Å²) in [5.41, 5.74) is 2.77. The minimum Gasteiger partial charge on any atom is -0.465 e. The Labute approximate surface area is 162 Å².